The third-order valence-electron chi connectivity index (χ3n) is 1.76. The van der Waals surface area contributed by atoms with Crippen molar-refractivity contribution in [2.45, 2.75) is 0 Å². The lowest BCUT2D eigenvalue weighted by atomic mass is 10.3. The van der Waals surface area contributed by atoms with Gasteiger partial charge in [-0.25, -0.2) is 9.78 Å². The molecule has 2 rings (SSSR count). The molecule has 0 aromatic carbocycles. The molecule has 2 heterocycles. The van der Waals surface area contributed by atoms with E-state index in [1.165, 1.54) is 0 Å². The predicted molar refractivity (Wildman–Crippen MR) is 60.4 cm³/mol. The summed E-state index contributed by atoms with van der Waals surface area (Å²) in [5, 5.41) is 2.40. The topological polar surface area (TPSA) is 80.9 Å². The summed E-state index contributed by atoms with van der Waals surface area (Å²) in [6.07, 6.45) is 1.69. The van der Waals surface area contributed by atoms with Crippen LogP contribution in [0.3, 0.4) is 0 Å². The van der Waals surface area contributed by atoms with E-state index >= 15 is 0 Å². The molecule has 76 valence electrons. The third kappa shape index (κ3) is 2.21. The molecule has 0 aliphatic rings. The molecule has 0 saturated heterocycles. The van der Waals surface area contributed by atoms with E-state index in [9.17, 15) is 4.79 Å². The second kappa shape index (κ2) is 3.82. The lowest BCUT2D eigenvalue weighted by Crippen LogP contribution is -2.19. The van der Waals surface area contributed by atoms with Crippen molar-refractivity contribution in [1.29, 1.82) is 0 Å². The minimum atomic E-state index is -0.634. The Morgan fingerprint density at radius 1 is 1.40 bits per heavy atom. The van der Waals surface area contributed by atoms with Crippen LogP contribution in [0.25, 0.3) is 11.0 Å². The number of hydrogen-bond donors (Lipinski definition) is 2. The van der Waals surface area contributed by atoms with Crippen molar-refractivity contribution in [2.75, 3.05) is 5.32 Å². The molecular formula is C9H7BrN4O. The minimum absolute atomic E-state index is 0.412. The summed E-state index contributed by atoms with van der Waals surface area (Å²) >= 11 is 3.29. The van der Waals surface area contributed by atoms with Crippen LogP contribution in [0.15, 0.2) is 28.9 Å². The number of carbonyl (C=O) groups excluding carboxylic acids is 1. The van der Waals surface area contributed by atoms with Crippen LogP contribution in [0.1, 0.15) is 0 Å². The molecular weight excluding hydrogens is 260 g/mol. The molecule has 0 fully saturated rings. The maximum Gasteiger partial charge on any atom is 0.317 e. The van der Waals surface area contributed by atoms with Crippen molar-refractivity contribution in [3.63, 3.8) is 0 Å². The molecule has 0 unspecified atom stereocenters. The number of pyridine rings is 2. The van der Waals surface area contributed by atoms with Crippen LogP contribution in [0.5, 0.6) is 0 Å². The molecule has 0 bridgehead atoms. The fourth-order valence-electron chi connectivity index (χ4n) is 1.18. The van der Waals surface area contributed by atoms with E-state index < -0.39 is 6.03 Å². The molecule has 0 spiro atoms. The molecule has 5 nitrogen and oxygen atoms in total. The van der Waals surface area contributed by atoms with Crippen molar-refractivity contribution >= 4 is 38.8 Å². The van der Waals surface area contributed by atoms with Gasteiger partial charge in [-0.3, -0.25) is 10.3 Å². The van der Waals surface area contributed by atoms with Crippen molar-refractivity contribution in [1.82, 2.24) is 9.97 Å². The number of anilines is 1. The zero-order valence-electron chi connectivity index (χ0n) is 7.57. The Bertz CT molecular complexity index is 529. The van der Waals surface area contributed by atoms with Gasteiger partial charge < -0.3 is 5.73 Å². The summed E-state index contributed by atoms with van der Waals surface area (Å²) in [6, 6.07) is 4.59. The first-order chi connectivity index (χ1) is 7.15. The van der Waals surface area contributed by atoms with Crippen molar-refractivity contribution in [2.24, 2.45) is 5.73 Å². The lowest BCUT2D eigenvalue weighted by Gasteiger charge is -2.02. The molecule has 15 heavy (non-hydrogen) atoms. The Morgan fingerprint density at radius 3 is 2.93 bits per heavy atom. The van der Waals surface area contributed by atoms with E-state index in [-0.39, 0.29) is 0 Å². The summed E-state index contributed by atoms with van der Waals surface area (Å²) in [5.41, 5.74) is 6.43. The average Bonchev–Trinajstić information content (AvgIpc) is 2.16. The largest absolute Gasteiger partial charge is 0.351 e. The number of nitrogens with zero attached hydrogens (tertiary/aromatic N) is 2. The van der Waals surface area contributed by atoms with E-state index in [0.29, 0.717) is 11.3 Å². The summed E-state index contributed by atoms with van der Waals surface area (Å²) in [6.45, 7) is 0. The highest BCUT2D eigenvalue weighted by atomic mass is 79.9. The smallest absolute Gasteiger partial charge is 0.317 e. The highest BCUT2D eigenvalue weighted by Crippen LogP contribution is 2.17. The Kier molecular flexibility index (Phi) is 2.51. The number of halogens is 1. The highest BCUT2D eigenvalue weighted by Gasteiger charge is 2.01. The van der Waals surface area contributed by atoms with Gasteiger partial charge >= 0.3 is 6.03 Å². The number of aromatic nitrogens is 2. The maximum absolute atomic E-state index is 10.6. The van der Waals surface area contributed by atoms with E-state index in [4.69, 9.17) is 5.73 Å². The molecule has 2 aromatic heterocycles. The number of nitrogens with one attached hydrogen (secondary N) is 1. The molecule has 0 saturated carbocycles. The summed E-state index contributed by atoms with van der Waals surface area (Å²) in [5.74, 6) is 0.412. The van der Waals surface area contributed by atoms with E-state index in [0.717, 1.165) is 9.99 Å². The van der Waals surface area contributed by atoms with E-state index in [1.54, 1.807) is 18.3 Å². The van der Waals surface area contributed by atoms with Crippen LogP contribution in [-0.2, 0) is 0 Å². The SMILES string of the molecule is NC(=O)Nc1ccc2ncc(Br)cc2n1. The van der Waals surface area contributed by atoms with E-state index in [2.05, 4.69) is 31.2 Å². The molecule has 0 aliphatic carbocycles. The summed E-state index contributed by atoms with van der Waals surface area (Å²) in [7, 11) is 0. The number of carbonyl (C=O) groups is 1. The van der Waals surface area contributed by atoms with Crippen LogP contribution < -0.4 is 11.1 Å². The average molecular weight is 267 g/mol. The van der Waals surface area contributed by atoms with Gasteiger partial charge in [0.15, 0.2) is 0 Å². The van der Waals surface area contributed by atoms with Crippen LogP contribution in [0, 0.1) is 0 Å². The fourth-order valence-corrected chi connectivity index (χ4v) is 1.50. The van der Waals surface area contributed by atoms with Gasteiger partial charge in [0.25, 0.3) is 0 Å². The molecule has 6 heteroatoms. The molecule has 2 amide bonds. The monoisotopic (exact) mass is 266 g/mol. The first-order valence-electron chi connectivity index (χ1n) is 4.14. The number of amides is 2. The molecule has 0 atom stereocenters. The second-order valence-corrected chi connectivity index (χ2v) is 3.79. The van der Waals surface area contributed by atoms with Crippen molar-refractivity contribution in [3.8, 4) is 0 Å². The predicted octanol–water partition coefficient (Wildman–Crippen LogP) is 1.88. The highest BCUT2D eigenvalue weighted by molar-refractivity contribution is 9.10. The fraction of sp³-hybridized carbons (Fsp3) is 0. The number of primary amides is 1. The van der Waals surface area contributed by atoms with Gasteiger partial charge in [0.2, 0.25) is 0 Å². The normalized spacial score (nSPS) is 10.2. The minimum Gasteiger partial charge on any atom is -0.351 e. The number of urea groups is 1. The third-order valence-corrected chi connectivity index (χ3v) is 2.19. The van der Waals surface area contributed by atoms with Gasteiger partial charge in [0.1, 0.15) is 5.82 Å². The lowest BCUT2D eigenvalue weighted by molar-refractivity contribution is 0.259. The molecule has 3 N–H and O–H groups in total. The number of hydrogen-bond acceptors (Lipinski definition) is 3. The molecule has 0 aliphatic heterocycles. The van der Waals surface area contributed by atoms with Crippen LogP contribution in [0.4, 0.5) is 10.6 Å². The van der Waals surface area contributed by atoms with Crippen LogP contribution in [-0.4, -0.2) is 16.0 Å². The Balaban J connectivity index is 2.49. The molecule has 0 radical (unpaired) electrons. The maximum atomic E-state index is 10.6. The first-order valence-corrected chi connectivity index (χ1v) is 4.93. The second-order valence-electron chi connectivity index (χ2n) is 2.88. The van der Waals surface area contributed by atoms with Gasteiger partial charge in [-0.05, 0) is 34.1 Å². The van der Waals surface area contributed by atoms with Gasteiger partial charge in [0, 0.05) is 10.7 Å². The number of rotatable bonds is 1. The van der Waals surface area contributed by atoms with Crippen LogP contribution in [0.2, 0.25) is 0 Å². The number of nitrogens with two attached hydrogens (primary N) is 1. The van der Waals surface area contributed by atoms with Gasteiger partial charge in [-0.2, -0.15) is 0 Å². The van der Waals surface area contributed by atoms with Gasteiger partial charge in [-0.1, -0.05) is 0 Å². The Hall–Kier alpha value is -1.69. The van der Waals surface area contributed by atoms with Gasteiger partial charge in [0.05, 0.1) is 11.0 Å². The Labute approximate surface area is 93.8 Å². The zero-order valence-corrected chi connectivity index (χ0v) is 9.15. The van der Waals surface area contributed by atoms with Gasteiger partial charge in [-0.15, -0.1) is 0 Å². The van der Waals surface area contributed by atoms with E-state index in [1.807, 2.05) is 6.07 Å². The zero-order chi connectivity index (χ0) is 10.8. The van der Waals surface area contributed by atoms with Crippen molar-refractivity contribution < 1.29 is 4.79 Å². The summed E-state index contributed by atoms with van der Waals surface area (Å²) in [4.78, 5) is 18.9. The quantitative estimate of drug-likeness (QED) is 0.827. The van der Waals surface area contributed by atoms with Crippen molar-refractivity contribution in [3.05, 3.63) is 28.9 Å². The molecule has 2 aromatic rings. The van der Waals surface area contributed by atoms with Crippen LogP contribution >= 0.6 is 15.9 Å². The Morgan fingerprint density at radius 2 is 2.20 bits per heavy atom. The summed E-state index contributed by atoms with van der Waals surface area (Å²) < 4.78 is 0.832. The standard InChI is InChI=1S/C9H7BrN4O/c10-5-3-7-6(12-4-5)1-2-8(13-7)14-9(11)15/h1-4H,(H3,11,13,14,15). The number of fused-ring (bicyclic) bond motifs is 1. The first kappa shape index (κ1) is 9.85.